The summed E-state index contributed by atoms with van der Waals surface area (Å²) in [7, 11) is 0. The summed E-state index contributed by atoms with van der Waals surface area (Å²) in [5.74, 6) is -0.0459. The zero-order chi connectivity index (χ0) is 21.7. The number of amides is 1. The summed E-state index contributed by atoms with van der Waals surface area (Å²) in [5.41, 5.74) is 3.84. The third-order valence-electron chi connectivity index (χ3n) is 6.25. The predicted octanol–water partition coefficient (Wildman–Crippen LogP) is 3.70. The van der Waals surface area contributed by atoms with Gasteiger partial charge >= 0.3 is 5.97 Å². The number of H-pyrrole nitrogens is 1. The predicted molar refractivity (Wildman–Crippen MR) is 118 cm³/mol. The molecule has 1 amide bonds. The number of aromatic carboxylic acids is 1. The minimum absolute atomic E-state index is 0.151. The van der Waals surface area contributed by atoms with Crippen molar-refractivity contribution in [3.8, 4) is 11.1 Å². The Kier molecular flexibility index (Phi) is 4.95. The number of aryl methyl sites for hydroxylation is 1. The lowest BCUT2D eigenvalue weighted by Gasteiger charge is -2.37. The van der Waals surface area contributed by atoms with Crippen molar-refractivity contribution in [1.82, 2.24) is 19.8 Å². The zero-order valence-corrected chi connectivity index (χ0v) is 17.9. The van der Waals surface area contributed by atoms with Crippen molar-refractivity contribution in [2.75, 3.05) is 19.6 Å². The van der Waals surface area contributed by atoms with E-state index in [1.807, 2.05) is 36.1 Å². The molecule has 2 aliphatic rings. The first-order valence-corrected chi connectivity index (χ1v) is 10.8. The van der Waals surface area contributed by atoms with E-state index in [-0.39, 0.29) is 17.5 Å². The molecule has 0 radical (unpaired) electrons. The second-order valence-electron chi connectivity index (χ2n) is 8.41. The Morgan fingerprint density at radius 3 is 2.90 bits per heavy atom. The minimum atomic E-state index is -1.02. The monoisotopic (exact) mass is 438 g/mol. The summed E-state index contributed by atoms with van der Waals surface area (Å²) in [6.07, 6.45) is 1.54. The molecule has 7 nitrogen and oxygen atoms in total. The van der Waals surface area contributed by atoms with Gasteiger partial charge in [0, 0.05) is 42.7 Å². The normalized spacial score (nSPS) is 19.2. The molecule has 2 aliphatic heterocycles. The smallest absolute Gasteiger partial charge is 0.337 e. The molecule has 3 aromatic rings. The highest BCUT2D eigenvalue weighted by molar-refractivity contribution is 6.33. The largest absolute Gasteiger partial charge is 0.478 e. The van der Waals surface area contributed by atoms with Gasteiger partial charge in [0.25, 0.3) is 0 Å². The number of aromatic amines is 1. The maximum absolute atomic E-state index is 12.0. The van der Waals surface area contributed by atoms with E-state index in [1.165, 1.54) is 0 Å². The van der Waals surface area contributed by atoms with Crippen LogP contribution in [0.2, 0.25) is 5.02 Å². The van der Waals surface area contributed by atoms with E-state index in [0.717, 1.165) is 48.6 Å². The number of nitrogens with one attached hydrogen (secondary N) is 1. The van der Waals surface area contributed by atoms with Gasteiger partial charge in [0.1, 0.15) is 11.3 Å². The fraction of sp³-hybridized carbons (Fsp3) is 0.348. The van der Waals surface area contributed by atoms with Crippen LogP contribution in [0.3, 0.4) is 0 Å². The highest BCUT2D eigenvalue weighted by Crippen LogP contribution is 2.32. The van der Waals surface area contributed by atoms with Crippen LogP contribution in [0.4, 0.5) is 0 Å². The van der Waals surface area contributed by atoms with Crippen molar-refractivity contribution in [2.45, 2.75) is 32.4 Å². The number of halogens is 1. The van der Waals surface area contributed by atoms with Crippen LogP contribution in [0.1, 0.15) is 34.6 Å². The lowest BCUT2D eigenvalue weighted by Crippen LogP contribution is -2.51. The standard InChI is InChI=1S/C23H23ClN4O3/c1-13-2-4-16(18(24)8-13)14-9-17(23(30)31)22-19(10-14)25-20(26-22)12-27-6-7-28-15(11-27)3-5-21(28)29/h2,4,8-10,15H,3,5-7,11-12H2,1H3,(H,25,26)(H,30,31). The molecule has 2 saturated heterocycles. The van der Waals surface area contributed by atoms with Gasteiger partial charge in [0.2, 0.25) is 5.91 Å². The Bertz CT molecular complexity index is 1200. The van der Waals surface area contributed by atoms with Crippen molar-refractivity contribution < 1.29 is 14.7 Å². The number of fused-ring (bicyclic) bond motifs is 2. The number of imidazole rings is 1. The number of hydrogen-bond donors (Lipinski definition) is 2. The number of hydrogen-bond acceptors (Lipinski definition) is 4. The van der Waals surface area contributed by atoms with Crippen molar-refractivity contribution in [1.29, 1.82) is 0 Å². The van der Waals surface area contributed by atoms with Crippen LogP contribution in [0.25, 0.3) is 22.2 Å². The maximum Gasteiger partial charge on any atom is 0.337 e. The van der Waals surface area contributed by atoms with Crippen LogP contribution in [0.15, 0.2) is 30.3 Å². The molecule has 160 valence electrons. The van der Waals surface area contributed by atoms with E-state index in [1.54, 1.807) is 6.07 Å². The third kappa shape index (κ3) is 3.68. The van der Waals surface area contributed by atoms with Crippen LogP contribution in [-0.2, 0) is 11.3 Å². The molecule has 2 N–H and O–H groups in total. The Balaban J connectivity index is 1.47. The molecule has 0 bridgehead atoms. The average Bonchev–Trinajstić information content (AvgIpc) is 3.29. The second-order valence-corrected chi connectivity index (χ2v) is 8.81. The number of carboxylic acid groups (broad SMARTS) is 1. The summed E-state index contributed by atoms with van der Waals surface area (Å²) < 4.78 is 0. The molecular formula is C23H23ClN4O3. The van der Waals surface area contributed by atoms with Crippen molar-refractivity contribution in [3.05, 3.63) is 52.3 Å². The Morgan fingerprint density at radius 1 is 1.29 bits per heavy atom. The van der Waals surface area contributed by atoms with E-state index in [0.29, 0.717) is 29.0 Å². The Morgan fingerprint density at radius 2 is 2.13 bits per heavy atom. The molecule has 1 unspecified atom stereocenters. The molecule has 0 aliphatic carbocycles. The zero-order valence-electron chi connectivity index (χ0n) is 17.2. The maximum atomic E-state index is 12.0. The summed E-state index contributed by atoms with van der Waals surface area (Å²) in [4.78, 5) is 36.0. The first-order valence-electron chi connectivity index (χ1n) is 10.4. The lowest BCUT2D eigenvalue weighted by molar-refractivity contribution is -0.130. The van der Waals surface area contributed by atoms with Crippen LogP contribution in [0, 0.1) is 6.92 Å². The third-order valence-corrected chi connectivity index (χ3v) is 6.57. The number of carbonyl (C=O) groups is 2. The van der Waals surface area contributed by atoms with Crippen molar-refractivity contribution >= 4 is 34.5 Å². The van der Waals surface area contributed by atoms with Crippen LogP contribution in [-0.4, -0.2) is 62.4 Å². The minimum Gasteiger partial charge on any atom is -0.478 e. The van der Waals surface area contributed by atoms with Crippen LogP contribution >= 0.6 is 11.6 Å². The topological polar surface area (TPSA) is 89.5 Å². The molecule has 31 heavy (non-hydrogen) atoms. The van der Waals surface area contributed by atoms with E-state index in [9.17, 15) is 14.7 Å². The first kappa shape index (κ1) is 20.0. The number of benzene rings is 2. The molecule has 1 aromatic heterocycles. The molecule has 0 spiro atoms. The Hall–Kier alpha value is -2.90. The molecule has 2 fully saturated rings. The van der Waals surface area contributed by atoms with Crippen molar-refractivity contribution in [3.63, 3.8) is 0 Å². The van der Waals surface area contributed by atoms with Gasteiger partial charge < -0.3 is 15.0 Å². The molecule has 8 heteroatoms. The van der Waals surface area contributed by atoms with Crippen molar-refractivity contribution in [2.24, 2.45) is 0 Å². The number of rotatable bonds is 4. The first-order chi connectivity index (χ1) is 14.9. The molecule has 0 saturated carbocycles. The van der Waals surface area contributed by atoms with Gasteiger partial charge in [-0.1, -0.05) is 23.7 Å². The van der Waals surface area contributed by atoms with Gasteiger partial charge in [-0.25, -0.2) is 9.78 Å². The van der Waals surface area contributed by atoms with E-state index < -0.39 is 5.97 Å². The second kappa shape index (κ2) is 7.66. The number of aromatic nitrogens is 2. The van der Waals surface area contributed by atoms with E-state index >= 15 is 0 Å². The fourth-order valence-electron chi connectivity index (χ4n) is 4.70. The number of nitrogens with zero attached hydrogens (tertiary/aromatic N) is 3. The summed E-state index contributed by atoms with van der Waals surface area (Å²) in [6.45, 7) is 4.89. The molecular weight excluding hydrogens is 416 g/mol. The summed E-state index contributed by atoms with van der Waals surface area (Å²) in [5, 5.41) is 10.4. The van der Waals surface area contributed by atoms with Gasteiger partial charge in [-0.3, -0.25) is 9.69 Å². The Labute approximate surface area is 184 Å². The number of piperazine rings is 1. The summed E-state index contributed by atoms with van der Waals surface area (Å²) in [6, 6.07) is 9.54. The highest BCUT2D eigenvalue weighted by Gasteiger charge is 2.35. The number of carboxylic acids is 1. The average molecular weight is 439 g/mol. The number of carbonyl (C=O) groups excluding carboxylic acids is 1. The van der Waals surface area contributed by atoms with Gasteiger partial charge in [-0.2, -0.15) is 0 Å². The van der Waals surface area contributed by atoms with Crippen LogP contribution < -0.4 is 0 Å². The quantitative estimate of drug-likeness (QED) is 0.648. The van der Waals surface area contributed by atoms with Crippen LogP contribution in [0.5, 0.6) is 0 Å². The highest BCUT2D eigenvalue weighted by atomic mass is 35.5. The van der Waals surface area contributed by atoms with Gasteiger partial charge in [0.05, 0.1) is 17.6 Å². The van der Waals surface area contributed by atoms with E-state index in [2.05, 4.69) is 14.9 Å². The molecule has 5 rings (SSSR count). The molecule has 2 aromatic carbocycles. The molecule has 1 atom stereocenters. The van der Waals surface area contributed by atoms with Gasteiger partial charge in [0.15, 0.2) is 0 Å². The van der Waals surface area contributed by atoms with E-state index in [4.69, 9.17) is 11.6 Å². The molecule has 3 heterocycles. The summed E-state index contributed by atoms with van der Waals surface area (Å²) >= 11 is 6.43. The van der Waals surface area contributed by atoms with Gasteiger partial charge in [-0.05, 0) is 42.7 Å². The van der Waals surface area contributed by atoms with Gasteiger partial charge in [-0.15, -0.1) is 0 Å². The fourth-order valence-corrected chi connectivity index (χ4v) is 5.04. The SMILES string of the molecule is Cc1ccc(-c2cc(C(=O)O)c3nc(CN4CCN5C(=O)CCC5C4)[nH]c3c2)c(Cl)c1. The lowest BCUT2D eigenvalue weighted by atomic mass is 10.0.